The summed E-state index contributed by atoms with van der Waals surface area (Å²) in [7, 11) is 0. The monoisotopic (exact) mass is 263 g/mol. The Balaban J connectivity index is 2.16. The molecule has 0 unspecified atom stereocenters. The number of hydrogen-bond donors (Lipinski definition) is 1. The van der Waals surface area contributed by atoms with Gasteiger partial charge >= 0.3 is 0 Å². The van der Waals surface area contributed by atoms with Gasteiger partial charge in [-0.1, -0.05) is 29.8 Å². The van der Waals surface area contributed by atoms with Crippen molar-refractivity contribution >= 4 is 17.3 Å². The minimum atomic E-state index is -0.325. The smallest absolute Gasteiger partial charge is 0.147 e. The predicted molar refractivity (Wildman–Crippen MR) is 74.7 cm³/mol. The third-order valence-corrected chi connectivity index (χ3v) is 3.27. The van der Waals surface area contributed by atoms with Crippen LogP contribution in [0, 0.1) is 19.7 Å². The fraction of sp³-hybridized carbons (Fsp3) is 0.200. The normalized spacial score (nSPS) is 10.4. The van der Waals surface area contributed by atoms with Gasteiger partial charge in [0.15, 0.2) is 0 Å². The Morgan fingerprint density at radius 1 is 1.11 bits per heavy atom. The molecular formula is C15H15ClFN. The molecule has 0 amide bonds. The molecule has 0 aliphatic carbocycles. The molecule has 0 fully saturated rings. The molecule has 0 heterocycles. The van der Waals surface area contributed by atoms with Gasteiger partial charge in [-0.25, -0.2) is 4.39 Å². The van der Waals surface area contributed by atoms with Crippen molar-refractivity contribution in [2.45, 2.75) is 20.4 Å². The van der Waals surface area contributed by atoms with E-state index in [4.69, 9.17) is 11.6 Å². The van der Waals surface area contributed by atoms with E-state index in [0.717, 1.165) is 0 Å². The molecule has 3 heteroatoms. The largest absolute Gasteiger partial charge is 0.379 e. The molecule has 0 bridgehead atoms. The number of benzene rings is 2. The van der Waals surface area contributed by atoms with Gasteiger partial charge in [0.1, 0.15) is 5.82 Å². The highest BCUT2D eigenvalue weighted by Crippen LogP contribution is 2.21. The van der Waals surface area contributed by atoms with Crippen LogP contribution in [0.15, 0.2) is 36.4 Å². The first-order valence-electron chi connectivity index (χ1n) is 5.82. The summed E-state index contributed by atoms with van der Waals surface area (Å²) in [6.07, 6.45) is 0. The lowest BCUT2D eigenvalue weighted by molar-refractivity contribution is 0.630. The van der Waals surface area contributed by atoms with E-state index >= 15 is 0 Å². The zero-order valence-electron chi connectivity index (χ0n) is 10.4. The molecule has 1 nitrogen and oxygen atoms in total. The minimum absolute atomic E-state index is 0.325. The Kier molecular flexibility index (Phi) is 3.87. The average Bonchev–Trinajstić information content (AvgIpc) is 2.31. The van der Waals surface area contributed by atoms with E-state index in [1.165, 1.54) is 22.8 Å². The van der Waals surface area contributed by atoms with Gasteiger partial charge in [0, 0.05) is 11.6 Å². The van der Waals surface area contributed by atoms with E-state index in [-0.39, 0.29) is 5.82 Å². The topological polar surface area (TPSA) is 12.0 Å². The van der Waals surface area contributed by atoms with Crippen molar-refractivity contribution < 1.29 is 4.39 Å². The maximum atomic E-state index is 13.6. The molecule has 0 saturated heterocycles. The lowest BCUT2D eigenvalue weighted by atomic mass is 10.0. The van der Waals surface area contributed by atoms with Gasteiger partial charge in [0.25, 0.3) is 0 Å². The zero-order valence-corrected chi connectivity index (χ0v) is 11.2. The van der Waals surface area contributed by atoms with E-state index in [2.05, 4.69) is 31.3 Å². The lowest BCUT2D eigenvalue weighted by Crippen LogP contribution is -2.04. The predicted octanol–water partition coefficient (Wildman–Crippen LogP) is 4.71. The number of nitrogens with one attached hydrogen (secondary N) is 1. The molecule has 0 aliphatic heterocycles. The Hall–Kier alpha value is -1.54. The summed E-state index contributed by atoms with van der Waals surface area (Å²) in [4.78, 5) is 0. The van der Waals surface area contributed by atoms with Gasteiger partial charge < -0.3 is 5.32 Å². The van der Waals surface area contributed by atoms with Crippen LogP contribution < -0.4 is 5.32 Å². The second kappa shape index (κ2) is 5.40. The number of rotatable bonds is 3. The molecule has 2 aromatic carbocycles. The number of halogens is 2. The van der Waals surface area contributed by atoms with Gasteiger partial charge in [-0.3, -0.25) is 0 Å². The van der Waals surface area contributed by atoms with Crippen LogP contribution in [0.4, 0.5) is 10.1 Å². The summed E-state index contributed by atoms with van der Waals surface area (Å²) in [5, 5.41) is 3.51. The molecule has 0 atom stereocenters. The fourth-order valence-electron chi connectivity index (χ4n) is 1.94. The standard InChI is InChI=1S/C15H15ClFN/c1-10-4-3-5-11(2)13(10)9-18-15-7-6-12(16)8-14(15)17/h3-8,18H,9H2,1-2H3. The van der Waals surface area contributed by atoms with E-state index in [1.54, 1.807) is 12.1 Å². The van der Waals surface area contributed by atoms with Gasteiger partial charge in [-0.05, 0) is 48.7 Å². The van der Waals surface area contributed by atoms with Crippen LogP contribution in [-0.2, 0) is 6.54 Å². The van der Waals surface area contributed by atoms with E-state index < -0.39 is 0 Å². The summed E-state index contributed by atoms with van der Waals surface area (Å²) in [6, 6.07) is 10.8. The van der Waals surface area contributed by atoms with Gasteiger partial charge in [-0.2, -0.15) is 0 Å². The van der Waals surface area contributed by atoms with E-state index in [9.17, 15) is 4.39 Å². The minimum Gasteiger partial charge on any atom is -0.379 e. The number of hydrogen-bond acceptors (Lipinski definition) is 1. The Morgan fingerprint density at radius 2 is 1.78 bits per heavy atom. The summed E-state index contributed by atoms with van der Waals surface area (Å²) >= 11 is 5.72. The Morgan fingerprint density at radius 3 is 2.39 bits per heavy atom. The van der Waals surface area contributed by atoms with Crippen LogP contribution in [0.1, 0.15) is 16.7 Å². The first kappa shape index (κ1) is 12.9. The highest BCUT2D eigenvalue weighted by Gasteiger charge is 2.05. The van der Waals surface area contributed by atoms with Crippen molar-refractivity contribution in [1.29, 1.82) is 0 Å². The van der Waals surface area contributed by atoms with Crippen LogP contribution in [0.2, 0.25) is 5.02 Å². The van der Waals surface area contributed by atoms with Crippen molar-refractivity contribution in [3.8, 4) is 0 Å². The first-order valence-corrected chi connectivity index (χ1v) is 6.20. The van der Waals surface area contributed by atoms with E-state index in [0.29, 0.717) is 17.3 Å². The Labute approximate surface area is 112 Å². The maximum Gasteiger partial charge on any atom is 0.147 e. The van der Waals surface area contributed by atoms with Crippen LogP contribution in [0.3, 0.4) is 0 Å². The number of aryl methyl sites for hydroxylation is 2. The second-order valence-corrected chi connectivity index (χ2v) is 4.78. The van der Waals surface area contributed by atoms with Crippen LogP contribution in [-0.4, -0.2) is 0 Å². The number of anilines is 1. The third kappa shape index (κ3) is 2.82. The Bertz CT molecular complexity index is 546. The van der Waals surface area contributed by atoms with Gasteiger partial charge in [-0.15, -0.1) is 0 Å². The molecule has 2 rings (SSSR count). The quantitative estimate of drug-likeness (QED) is 0.846. The van der Waals surface area contributed by atoms with Crippen LogP contribution in [0.25, 0.3) is 0 Å². The molecule has 0 aromatic heterocycles. The maximum absolute atomic E-state index is 13.6. The third-order valence-electron chi connectivity index (χ3n) is 3.03. The van der Waals surface area contributed by atoms with Crippen molar-refractivity contribution in [2.24, 2.45) is 0 Å². The molecule has 94 valence electrons. The molecule has 0 radical (unpaired) electrons. The summed E-state index contributed by atoms with van der Waals surface area (Å²) in [6.45, 7) is 4.72. The SMILES string of the molecule is Cc1cccc(C)c1CNc1ccc(Cl)cc1F. The summed E-state index contributed by atoms with van der Waals surface area (Å²) < 4.78 is 13.6. The van der Waals surface area contributed by atoms with Crippen molar-refractivity contribution in [2.75, 3.05) is 5.32 Å². The average molecular weight is 264 g/mol. The van der Waals surface area contributed by atoms with Crippen molar-refractivity contribution in [1.82, 2.24) is 0 Å². The highest BCUT2D eigenvalue weighted by molar-refractivity contribution is 6.30. The molecule has 0 spiro atoms. The summed E-state index contributed by atoms with van der Waals surface area (Å²) in [5.41, 5.74) is 4.09. The first-order chi connectivity index (χ1) is 8.58. The van der Waals surface area contributed by atoms with Crippen molar-refractivity contribution in [3.05, 3.63) is 63.9 Å². The second-order valence-electron chi connectivity index (χ2n) is 4.35. The molecule has 1 N–H and O–H groups in total. The highest BCUT2D eigenvalue weighted by atomic mass is 35.5. The summed E-state index contributed by atoms with van der Waals surface area (Å²) in [5.74, 6) is -0.325. The van der Waals surface area contributed by atoms with Crippen molar-refractivity contribution in [3.63, 3.8) is 0 Å². The molecule has 0 aliphatic rings. The fourth-order valence-corrected chi connectivity index (χ4v) is 2.10. The van der Waals surface area contributed by atoms with Crippen LogP contribution in [0.5, 0.6) is 0 Å². The lowest BCUT2D eigenvalue weighted by Gasteiger charge is -2.12. The zero-order chi connectivity index (χ0) is 13.1. The molecule has 18 heavy (non-hydrogen) atoms. The molecule has 0 saturated carbocycles. The molecule has 2 aromatic rings. The molecular weight excluding hydrogens is 249 g/mol. The van der Waals surface area contributed by atoms with E-state index in [1.807, 2.05) is 6.07 Å². The van der Waals surface area contributed by atoms with Gasteiger partial charge in [0.2, 0.25) is 0 Å². The van der Waals surface area contributed by atoms with Crippen LogP contribution >= 0.6 is 11.6 Å². The van der Waals surface area contributed by atoms with Gasteiger partial charge in [0.05, 0.1) is 5.69 Å².